The van der Waals surface area contributed by atoms with Crippen molar-refractivity contribution in [2.75, 3.05) is 13.3 Å². The third-order valence-corrected chi connectivity index (χ3v) is 2.40. The molecule has 0 heterocycles. The Kier molecular flexibility index (Phi) is 5.66. The highest BCUT2D eigenvalue weighted by Crippen LogP contribution is 2.07. The van der Waals surface area contributed by atoms with E-state index in [1.54, 1.807) is 26.0 Å². The average Bonchev–Trinajstić information content (AvgIpc) is 2.36. The van der Waals surface area contributed by atoms with Crippen molar-refractivity contribution in [1.82, 2.24) is 10.2 Å². The first kappa shape index (κ1) is 14.8. The van der Waals surface area contributed by atoms with E-state index in [-0.39, 0.29) is 19.3 Å². The molecule has 2 N–H and O–H groups in total. The van der Waals surface area contributed by atoms with E-state index in [1.807, 2.05) is 18.2 Å². The number of amides is 2. The summed E-state index contributed by atoms with van der Waals surface area (Å²) < 4.78 is 5.31. The van der Waals surface area contributed by atoms with Gasteiger partial charge in [0.1, 0.15) is 12.3 Å². The van der Waals surface area contributed by atoms with Crippen molar-refractivity contribution in [3.8, 4) is 5.75 Å². The van der Waals surface area contributed by atoms with Gasteiger partial charge in [-0.2, -0.15) is 0 Å². The lowest BCUT2D eigenvalue weighted by molar-refractivity contribution is -0.138. The topological polar surface area (TPSA) is 78.9 Å². The van der Waals surface area contributed by atoms with Crippen LogP contribution in [0.1, 0.15) is 13.8 Å². The Morgan fingerprint density at radius 1 is 1.32 bits per heavy atom. The van der Waals surface area contributed by atoms with E-state index in [0.717, 1.165) is 0 Å². The Morgan fingerprint density at radius 3 is 2.47 bits per heavy atom. The Balaban J connectivity index is 2.42. The number of aliphatic carboxylic acids is 1. The molecule has 2 amide bonds. The summed E-state index contributed by atoms with van der Waals surface area (Å²) in [5, 5.41) is 11.3. The molecule has 0 aliphatic heterocycles. The van der Waals surface area contributed by atoms with Crippen molar-refractivity contribution < 1.29 is 19.4 Å². The zero-order valence-corrected chi connectivity index (χ0v) is 11.0. The first-order valence-corrected chi connectivity index (χ1v) is 5.95. The highest BCUT2D eigenvalue weighted by Gasteiger charge is 2.19. The number of benzene rings is 1. The zero-order valence-electron chi connectivity index (χ0n) is 11.0. The molecule has 0 saturated carbocycles. The largest absolute Gasteiger partial charge is 0.480 e. The minimum atomic E-state index is -1.05. The lowest BCUT2D eigenvalue weighted by atomic mass is 10.3. The van der Waals surface area contributed by atoms with Crippen molar-refractivity contribution >= 4 is 12.0 Å². The lowest BCUT2D eigenvalue weighted by Crippen LogP contribution is -2.47. The highest BCUT2D eigenvalue weighted by atomic mass is 16.5. The second kappa shape index (κ2) is 7.25. The van der Waals surface area contributed by atoms with Gasteiger partial charge in [0.25, 0.3) is 0 Å². The molecule has 0 aliphatic rings. The van der Waals surface area contributed by atoms with Gasteiger partial charge in [-0.05, 0) is 26.0 Å². The van der Waals surface area contributed by atoms with Gasteiger partial charge >= 0.3 is 12.0 Å². The van der Waals surface area contributed by atoms with Gasteiger partial charge in [0, 0.05) is 6.04 Å². The molecule has 0 aromatic heterocycles. The number of ether oxygens (including phenoxy) is 1. The summed E-state index contributed by atoms with van der Waals surface area (Å²) in [5.41, 5.74) is 0. The number of carboxylic acids is 1. The van der Waals surface area contributed by atoms with Crippen LogP contribution in [0, 0.1) is 0 Å². The first-order valence-electron chi connectivity index (χ1n) is 5.95. The molecule has 0 atom stereocenters. The predicted octanol–water partition coefficient (Wildman–Crippen LogP) is 1.53. The maximum atomic E-state index is 11.8. The predicted molar refractivity (Wildman–Crippen MR) is 69.9 cm³/mol. The van der Waals surface area contributed by atoms with Gasteiger partial charge in [-0.15, -0.1) is 0 Å². The summed E-state index contributed by atoms with van der Waals surface area (Å²) in [6, 6.07) is 8.37. The number of para-hydroxylation sites is 1. The molecule has 6 heteroatoms. The Morgan fingerprint density at radius 2 is 1.95 bits per heavy atom. The number of hydrogen-bond donors (Lipinski definition) is 2. The second-order valence-electron chi connectivity index (χ2n) is 4.20. The van der Waals surface area contributed by atoms with Crippen LogP contribution in [0.15, 0.2) is 30.3 Å². The van der Waals surface area contributed by atoms with Crippen LogP contribution >= 0.6 is 0 Å². The van der Waals surface area contributed by atoms with E-state index in [9.17, 15) is 9.59 Å². The van der Waals surface area contributed by atoms with Crippen LogP contribution in [0.3, 0.4) is 0 Å². The van der Waals surface area contributed by atoms with Crippen LogP contribution in [-0.2, 0) is 4.79 Å². The number of carbonyl (C=O) groups excluding carboxylic acids is 1. The number of hydrogen-bond acceptors (Lipinski definition) is 3. The summed E-state index contributed by atoms with van der Waals surface area (Å²) >= 11 is 0. The zero-order chi connectivity index (χ0) is 14.3. The summed E-state index contributed by atoms with van der Waals surface area (Å²) in [5.74, 6) is -0.412. The van der Waals surface area contributed by atoms with Crippen molar-refractivity contribution in [3.05, 3.63) is 30.3 Å². The molecule has 0 radical (unpaired) electrons. The minimum absolute atomic E-state index is 0.00825. The van der Waals surface area contributed by atoms with Gasteiger partial charge in [-0.1, -0.05) is 18.2 Å². The summed E-state index contributed by atoms with van der Waals surface area (Å²) in [6.07, 6.45) is 0. The summed E-state index contributed by atoms with van der Waals surface area (Å²) in [7, 11) is 0. The van der Waals surface area contributed by atoms with E-state index >= 15 is 0 Å². The van der Waals surface area contributed by atoms with Crippen LogP contribution in [0.25, 0.3) is 0 Å². The fourth-order valence-electron chi connectivity index (χ4n) is 1.43. The molecule has 1 aromatic rings. The molecule has 0 fully saturated rings. The highest BCUT2D eigenvalue weighted by molar-refractivity contribution is 5.80. The maximum absolute atomic E-state index is 11.8. The van der Waals surface area contributed by atoms with Crippen LogP contribution in [0.5, 0.6) is 5.75 Å². The molecular formula is C13H18N2O4. The maximum Gasteiger partial charge on any atom is 0.323 e. The molecule has 0 spiro atoms. The number of urea groups is 1. The fourth-order valence-corrected chi connectivity index (χ4v) is 1.43. The molecule has 19 heavy (non-hydrogen) atoms. The smallest absolute Gasteiger partial charge is 0.323 e. The average molecular weight is 266 g/mol. The van der Waals surface area contributed by atoms with Gasteiger partial charge in [0.15, 0.2) is 6.73 Å². The quantitative estimate of drug-likeness (QED) is 0.765. The lowest BCUT2D eigenvalue weighted by Gasteiger charge is -2.25. The number of carboxylic acid groups (broad SMARTS) is 1. The first-order chi connectivity index (χ1) is 9.00. The SMILES string of the molecule is CC(C)N(CC(=O)O)C(=O)NCOc1ccccc1. The van der Waals surface area contributed by atoms with E-state index < -0.39 is 12.0 Å². The minimum Gasteiger partial charge on any atom is -0.480 e. The standard InChI is InChI=1S/C13H18N2O4/c1-10(2)15(8-12(16)17)13(18)14-9-19-11-6-4-3-5-7-11/h3-7,10H,8-9H2,1-2H3,(H,14,18)(H,16,17). The summed E-state index contributed by atoms with van der Waals surface area (Å²) in [4.78, 5) is 23.7. The van der Waals surface area contributed by atoms with Crippen molar-refractivity contribution in [3.63, 3.8) is 0 Å². The number of nitrogens with zero attached hydrogens (tertiary/aromatic N) is 1. The molecule has 1 aromatic carbocycles. The number of rotatable bonds is 6. The molecule has 0 saturated heterocycles. The third-order valence-electron chi connectivity index (χ3n) is 2.40. The van der Waals surface area contributed by atoms with Gasteiger partial charge in [-0.25, -0.2) is 4.79 Å². The number of carbonyl (C=O) groups is 2. The van der Waals surface area contributed by atoms with Crippen molar-refractivity contribution in [1.29, 1.82) is 0 Å². The molecule has 0 bridgehead atoms. The molecule has 104 valence electrons. The van der Waals surface area contributed by atoms with E-state index in [2.05, 4.69) is 5.32 Å². The Hall–Kier alpha value is -2.24. The number of nitrogens with one attached hydrogen (secondary N) is 1. The summed E-state index contributed by atoms with van der Waals surface area (Å²) in [6.45, 7) is 3.15. The fraction of sp³-hybridized carbons (Fsp3) is 0.385. The Labute approximate surface area is 112 Å². The van der Waals surface area contributed by atoms with E-state index in [1.165, 1.54) is 4.90 Å². The van der Waals surface area contributed by atoms with Gasteiger partial charge in [-0.3, -0.25) is 4.79 Å². The van der Waals surface area contributed by atoms with Crippen molar-refractivity contribution in [2.45, 2.75) is 19.9 Å². The van der Waals surface area contributed by atoms with E-state index in [4.69, 9.17) is 9.84 Å². The third kappa shape index (κ3) is 5.29. The molecule has 6 nitrogen and oxygen atoms in total. The van der Waals surface area contributed by atoms with Crippen LogP contribution in [0.4, 0.5) is 4.79 Å². The van der Waals surface area contributed by atoms with Crippen LogP contribution in [-0.4, -0.2) is 41.3 Å². The van der Waals surface area contributed by atoms with Crippen LogP contribution < -0.4 is 10.1 Å². The Bertz CT molecular complexity index is 420. The molecule has 0 aliphatic carbocycles. The monoisotopic (exact) mass is 266 g/mol. The molecule has 0 unspecified atom stereocenters. The van der Waals surface area contributed by atoms with Gasteiger partial charge in [0.05, 0.1) is 0 Å². The van der Waals surface area contributed by atoms with Crippen molar-refractivity contribution in [2.24, 2.45) is 0 Å². The van der Waals surface area contributed by atoms with Gasteiger partial charge in [0.2, 0.25) is 0 Å². The van der Waals surface area contributed by atoms with Gasteiger partial charge < -0.3 is 20.1 Å². The second-order valence-corrected chi connectivity index (χ2v) is 4.20. The molecular weight excluding hydrogens is 248 g/mol. The molecule has 1 rings (SSSR count). The van der Waals surface area contributed by atoms with E-state index in [0.29, 0.717) is 5.75 Å². The van der Waals surface area contributed by atoms with Crippen LogP contribution in [0.2, 0.25) is 0 Å². The normalized spacial score (nSPS) is 10.1.